The predicted octanol–water partition coefficient (Wildman–Crippen LogP) is 1.54. The Balaban J connectivity index is 2.50. The molecule has 0 bridgehead atoms. The van der Waals surface area contributed by atoms with E-state index in [2.05, 4.69) is 0 Å². The molecule has 0 aromatic rings. The molecule has 1 amide bonds. The van der Waals surface area contributed by atoms with E-state index in [0.717, 1.165) is 25.8 Å². The number of hydrogen-bond donors (Lipinski definition) is 1. The summed E-state index contributed by atoms with van der Waals surface area (Å²) in [4.78, 5) is 12.0. The number of carboxylic acid groups (broad SMARTS) is 1. The zero-order valence-corrected chi connectivity index (χ0v) is 6.21. The van der Waals surface area contributed by atoms with Crippen LogP contribution in [0.2, 0.25) is 0 Å². The standard InChI is InChI=1S/C7H13NO2/c1-2-6-4-3-5-8(6)7(9)10/h6H,2-5H2,1H3,(H,9,10). The van der Waals surface area contributed by atoms with E-state index in [-0.39, 0.29) is 6.04 Å². The van der Waals surface area contributed by atoms with Crippen molar-refractivity contribution >= 4 is 6.09 Å². The summed E-state index contributed by atoms with van der Waals surface area (Å²) in [6, 6.07) is 0.289. The second-order valence-corrected chi connectivity index (χ2v) is 2.68. The van der Waals surface area contributed by atoms with Crippen molar-refractivity contribution in [3.05, 3.63) is 0 Å². The Morgan fingerprint density at radius 1 is 1.80 bits per heavy atom. The Morgan fingerprint density at radius 2 is 2.50 bits per heavy atom. The Kier molecular flexibility index (Phi) is 2.14. The Labute approximate surface area is 60.6 Å². The smallest absolute Gasteiger partial charge is 0.407 e. The first-order valence-corrected chi connectivity index (χ1v) is 3.75. The SMILES string of the molecule is CCC1CCCN1C(=O)O. The fourth-order valence-corrected chi connectivity index (χ4v) is 1.51. The molecular formula is C7H13NO2. The largest absolute Gasteiger partial charge is 0.465 e. The third-order valence-corrected chi connectivity index (χ3v) is 2.09. The number of likely N-dealkylation sites (tertiary alicyclic amines) is 1. The molecule has 3 heteroatoms. The monoisotopic (exact) mass is 143 g/mol. The molecule has 0 spiro atoms. The van der Waals surface area contributed by atoms with Crippen molar-refractivity contribution in [1.29, 1.82) is 0 Å². The van der Waals surface area contributed by atoms with Gasteiger partial charge in [0, 0.05) is 12.6 Å². The quantitative estimate of drug-likeness (QED) is 0.604. The molecule has 0 aliphatic carbocycles. The van der Waals surface area contributed by atoms with Crippen LogP contribution in [-0.4, -0.2) is 28.7 Å². The van der Waals surface area contributed by atoms with Crippen molar-refractivity contribution in [2.24, 2.45) is 0 Å². The van der Waals surface area contributed by atoms with Crippen molar-refractivity contribution in [2.75, 3.05) is 6.54 Å². The van der Waals surface area contributed by atoms with Crippen LogP contribution >= 0.6 is 0 Å². The van der Waals surface area contributed by atoms with Crippen LogP contribution < -0.4 is 0 Å². The highest BCUT2D eigenvalue weighted by Gasteiger charge is 2.26. The van der Waals surface area contributed by atoms with E-state index >= 15 is 0 Å². The van der Waals surface area contributed by atoms with E-state index in [9.17, 15) is 4.79 Å². The molecule has 1 heterocycles. The van der Waals surface area contributed by atoms with E-state index in [1.807, 2.05) is 6.92 Å². The van der Waals surface area contributed by atoms with Crippen LogP contribution in [0.5, 0.6) is 0 Å². The normalized spacial score (nSPS) is 25.3. The van der Waals surface area contributed by atoms with Gasteiger partial charge in [0.2, 0.25) is 0 Å². The van der Waals surface area contributed by atoms with E-state index in [1.54, 1.807) is 4.90 Å². The molecule has 0 radical (unpaired) electrons. The van der Waals surface area contributed by atoms with Gasteiger partial charge in [-0.2, -0.15) is 0 Å². The summed E-state index contributed by atoms with van der Waals surface area (Å²) in [6.07, 6.45) is 2.27. The van der Waals surface area contributed by atoms with Crippen LogP contribution in [0.15, 0.2) is 0 Å². The van der Waals surface area contributed by atoms with Gasteiger partial charge in [0.05, 0.1) is 0 Å². The number of hydrogen-bond acceptors (Lipinski definition) is 1. The molecule has 0 aromatic heterocycles. The summed E-state index contributed by atoms with van der Waals surface area (Å²) in [7, 11) is 0. The second-order valence-electron chi connectivity index (χ2n) is 2.68. The maximum absolute atomic E-state index is 10.5. The molecule has 1 aliphatic heterocycles. The lowest BCUT2D eigenvalue weighted by Gasteiger charge is -2.19. The van der Waals surface area contributed by atoms with Gasteiger partial charge in [0.15, 0.2) is 0 Å². The van der Waals surface area contributed by atoms with Crippen molar-refractivity contribution in [3.63, 3.8) is 0 Å². The van der Waals surface area contributed by atoms with Crippen LogP contribution in [0.25, 0.3) is 0 Å². The third-order valence-electron chi connectivity index (χ3n) is 2.09. The van der Waals surface area contributed by atoms with Crippen LogP contribution in [0, 0.1) is 0 Å². The van der Waals surface area contributed by atoms with Crippen molar-refractivity contribution in [2.45, 2.75) is 32.2 Å². The molecule has 0 saturated carbocycles. The van der Waals surface area contributed by atoms with Crippen molar-refractivity contribution in [3.8, 4) is 0 Å². The van der Waals surface area contributed by atoms with Crippen LogP contribution in [0.4, 0.5) is 4.79 Å². The summed E-state index contributed by atoms with van der Waals surface area (Å²) in [6.45, 7) is 2.76. The fraction of sp³-hybridized carbons (Fsp3) is 0.857. The summed E-state index contributed by atoms with van der Waals surface area (Å²) < 4.78 is 0. The molecule has 0 aromatic carbocycles. The van der Waals surface area contributed by atoms with Gasteiger partial charge in [-0.3, -0.25) is 0 Å². The minimum Gasteiger partial charge on any atom is -0.465 e. The molecule has 58 valence electrons. The number of nitrogens with zero attached hydrogens (tertiary/aromatic N) is 1. The first-order chi connectivity index (χ1) is 4.75. The summed E-state index contributed by atoms with van der Waals surface area (Å²) in [5.74, 6) is 0. The van der Waals surface area contributed by atoms with E-state index in [4.69, 9.17) is 5.11 Å². The summed E-state index contributed by atoms with van der Waals surface area (Å²) >= 11 is 0. The predicted molar refractivity (Wildman–Crippen MR) is 38.0 cm³/mol. The topological polar surface area (TPSA) is 40.5 Å². The first-order valence-electron chi connectivity index (χ1n) is 3.75. The average molecular weight is 143 g/mol. The third kappa shape index (κ3) is 1.23. The fourth-order valence-electron chi connectivity index (χ4n) is 1.51. The van der Waals surface area contributed by atoms with E-state index < -0.39 is 6.09 Å². The van der Waals surface area contributed by atoms with Gasteiger partial charge in [-0.1, -0.05) is 6.92 Å². The Bertz CT molecular complexity index is 136. The van der Waals surface area contributed by atoms with E-state index in [0.29, 0.717) is 0 Å². The van der Waals surface area contributed by atoms with Crippen LogP contribution in [-0.2, 0) is 0 Å². The maximum Gasteiger partial charge on any atom is 0.407 e. The molecule has 1 unspecified atom stereocenters. The molecule has 1 atom stereocenters. The highest BCUT2D eigenvalue weighted by atomic mass is 16.4. The molecule has 10 heavy (non-hydrogen) atoms. The van der Waals surface area contributed by atoms with Gasteiger partial charge in [0.25, 0.3) is 0 Å². The second kappa shape index (κ2) is 2.90. The lowest BCUT2D eigenvalue weighted by Crippen LogP contribution is -2.33. The highest BCUT2D eigenvalue weighted by molar-refractivity contribution is 5.65. The maximum atomic E-state index is 10.5. The van der Waals surface area contributed by atoms with Gasteiger partial charge in [-0.25, -0.2) is 4.79 Å². The van der Waals surface area contributed by atoms with Gasteiger partial charge in [-0.05, 0) is 19.3 Å². The summed E-state index contributed by atoms with van der Waals surface area (Å²) in [5.41, 5.74) is 0. The van der Waals surface area contributed by atoms with Gasteiger partial charge in [-0.15, -0.1) is 0 Å². The lowest BCUT2D eigenvalue weighted by atomic mass is 10.2. The summed E-state index contributed by atoms with van der Waals surface area (Å²) in [5, 5.41) is 8.64. The average Bonchev–Trinajstić information content (AvgIpc) is 2.33. The zero-order valence-electron chi connectivity index (χ0n) is 6.21. The number of rotatable bonds is 1. The van der Waals surface area contributed by atoms with E-state index in [1.165, 1.54) is 0 Å². The highest BCUT2D eigenvalue weighted by Crippen LogP contribution is 2.19. The Hall–Kier alpha value is -0.730. The molecule has 1 N–H and O–H groups in total. The van der Waals surface area contributed by atoms with Crippen molar-refractivity contribution < 1.29 is 9.90 Å². The number of amides is 1. The molecule has 3 nitrogen and oxygen atoms in total. The zero-order chi connectivity index (χ0) is 7.56. The molecule has 1 saturated heterocycles. The lowest BCUT2D eigenvalue weighted by molar-refractivity contribution is 0.139. The molecular weight excluding hydrogens is 130 g/mol. The molecule has 1 aliphatic rings. The molecule has 1 rings (SSSR count). The first kappa shape index (κ1) is 7.38. The van der Waals surface area contributed by atoms with Crippen LogP contribution in [0.3, 0.4) is 0 Å². The Morgan fingerprint density at radius 3 is 2.90 bits per heavy atom. The molecule has 1 fully saturated rings. The van der Waals surface area contributed by atoms with Crippen LogP contribution in [0.1, 0.15) is 26.2 Å². The van der Waals surface area contributed by atoms with Crippen molar-refractivity contribution in [1.82, 2.24) is 4.90 Å². The number of carbonyl (C=O) groups is 1. The minimum atomic E-state index is -0.760. The van der Waals surface area contributed by atoms with Gasteiger partial charge in [0.1, 0.15) is 0 Å². The van der Waals surface area contributed by atoms with Gasteiger partial charge >= 0.3 is 6.09 Å². The van der Waals surface area contributed by atoms with Gasteiger partial charge < -0.3 is 10.0 Å². The minimum absolute atomic E-state index is 0.289.